The summed E-state index contributed by atoms with van der Waals surface area (Å²) < 4.78 is 7.62. The van der Waals surface area contributed by atoms with E-state index in [4.69, 9.17) is 15.1 Å². The zero-order valence-electron chi connectivity index (χ0n) is 18.3. The van der Waals surface area contributed by atoms with E-state index in [-0.39, 0.29) is 0 Å². The van der Waals surface area contributed by atoms with Gasteiger partial charge in [-0.05, 0) is 30.7 Å². The van der Waals surface area contributed by atoms with Crippen molar-refractivity contribution in [2.24, 2.45) is 5.73 Å². The molecular formula is C25H21N5O2S2. The van der Waals surface area contributed by atoms with Crippen LogP contribution in [-0.2, 0) is 12.3 Å². The highest BCUT2D eigenvalue weighted by Crippen LogP contribution is 2.31. The van der Waals surface area contributed by atoms with Crippen LogP contribution in [0.4, 0.5) is 0 Å². The maximum absolute atomic E-state index is 11.3. The first-order valence-corrected chi connectivity index (χ1v) is 12.4. The third-order valence-electron chi connectivity index (χ3n) is 5.32. The Labute approximate surface area is 204 Å². The number of nitrogens with zero attached hydrogens (tertiary/aromatic N) is 4. The van der Waals surface area contributed by atoms with E-state index in [1.807, 2.05) is 48.7 Å². The second-order valence-electron chi connectivity index (χ2n) is 7.64. The zero-order chi connectivity index (χ0) is 23.5. The molecule has 0 aliphatic rings. The fourth-order valence-corrected chi connectivity index (χ4v) is 5.30. The van der Waals surface area contributed by atoms with Gasteiger partial charge < -0.3 is 10.2 Å². The number of aryl methyl sites for hydroxylation is 1. The molecule has 34 heavy (non-hydrogen) atoms. The molecule has 0 saturated carbocycles. The average Bonchev–Trinajstić information content (AvgIpc) is 3.59. The molecule has 3 aromatic heterocycles. The summed E-state index contributed by atoms with van der Waals surface area (Å²) in [4.78, 5) is 16.1. The molecule has 2 aromatic carbocycles. The fourth-order valence-electron chi connectivity index (χ4n) is 3.54. The van der Waals surface area contributed by atoms with Gasteiger partial charge >= 0.3 is 0 Å². The average molecular weight is 488 g/mol. The summed E-state index contributed by atoms with van der Waals surface area (Å²) >= 11 is 3.17. The molecule has 0 radical (unpaired) electrons. The van der Waals surface area contributed by atoms with Gasteiger partial charge in [-0.15, -0.1) is 21.5 Å². The highest BCUT2D eigenvalue weighted by Gasteiger charge is 2.18. The lowest BCUT2D eigenvalue weighted by molar-refractivity contribution is 0.100. The first kappa shape index (κ1) is 22.1. The van der Waals surface area contributed by atoms with Crippen molar-refractivity contribution in [3.63, 3.8) is 0 Å². The van der Waals surface area contributed by atoms with Crippen LogP contribution < -0.4 is 5.73 Å². The summed E-state index contributed by atoms with van der Waals surface area (Å²) in [6.07, 6.45) is 1.67. The van der Waals surface area contributed by atoms with E-state index in [9.17, 15) is 4.79 Å². The van der Waals surface area contributed by atoms with Gasteiger partial charge in [-0.25, -0.2) is 4.98 Å². The number of rotatable bonds is 8. The minimum absolute atomic E-state index is 0.438. The Balaban J connectivity index is 1.37. The van der Waals surface area contributed by atoms with Crippen LogP contribution in [0, 0.1) is 6.92 Å². The zero-order valence-corrected chi connectivity index (χ0v) is 20.0. The number of aromatic nitrogens is 4. The molecular weight excluding hydrogens is 466 g/mol. The van der Waals surface area contributed by atoms with Gasteiger partial charge in [0.15, 0.2) is 11.0 Å². The van der Waals surface area contributed by atoms with Crippen LogP contribution in [0.25, 0.3) is 22.0 Å². The van der Waals surface area contributed by atoms with Crippen molar-refractivity contribution in [2.45, 2.75) is 24.4 Å². The number of thioether (sulfide) groups is 1. The van der Waals surface area contributed by atoms with Crippen molar-refractivity contribution < 1.29 is 9.21 Å². The van der Waals surface area contributed by atoms with Gasteiger partial charge in [0.05, 0.1) is 24.1 Å². The minimum atomic E-state index is -0.438. The molecule has 170 valence electrons. The Kier molecular flexibility index (Phi) is 6.29. The Morgan fingerprint density at radius 2 is 1.88 bits per heavy atom. The maximum Gasteiger partial charge on any atom is 0.248 e. The van der Waals surface area contributed by atoms with E-state index in [1.54, 1.807) is 41.5 Å². The molecule has 0 spiro atoms. The van der Waals surface area contributed by atoms with E-state index < -0.39 is 5.91 Å². The second kappa shape index (κ2) is 9.66. The van der Waals surface area contributed by atoms with Gasteiger partial charge in [0.25, 0.3) is 0 Å². The number of carbonyl (C=O) groups excluding carboxylic acids is 1. The normalized spacial score (nSPS) is 11.1. The standard InChI is InChI=1S/C25H21N5O2S2/c1-16-21(11-12-32-16)23-28-29-25(30(23)13-17-5-3-2-4-6-17)34-15-20-14-33-24(27-20)19-9-7-18(8-10-19)22(26)31/h2-12,14H,13,15H2,1H3,(H2,26,31). The molecule has 9 heteroatoms. The quantitative estimate of drug-likeness (QED) is 0.294. The lowest BCUT2D eigenvalue weighted by atomic mass is 10.1. The highest BCUT2D eigenvalue weighted by molar-refractivity contribution is 7.98. The monoisotopic (exact) mass is 487 g/mol. The molecule has 3 heterocycles. The summed E-state index contributed by atoms with van der Waals surface area (Å²) in [6, 6.07) is 19.4. The summed E-state index contributed by atoms with van der Waals surface area (Å²) in [5.74, 6) is 1.82. The van der Waals surface area contributed by atoms with Crippen LogP contribution in [0.2, 0.25) is 0 Å². The molecule has 0 unspecified atom stereocenters. The lowest BCUT2D eigenvalue weighted by Crippen LogP contribution is -2.10. The highest BCUT2D eigenvalue weighted by atomic mass is 32.2. The van der Waals surface area contributed by atoms with Crippen LogP contribution in [0.15, 0.2) is 81.9 Å². The minimum Gasteiger partial charge on any atom is -0.469 e. The van der Waals surface area contributed by atoms with Crippen molar-refractivity contribution in [1.29, 1.82) is 0 Å². The van der Waals surface area contributed by atoms with Crippen LogP contribution in [0.3, 0.4) is 0 Å². The van der Waals surface area contributed by atoms with Gasteiger partial charge in [0.2, 0.25) is 5.91 Å². The summed E-state index contributed by atoms with van der Waals surface area (Å²) in [5, 5.41) is 12.7. The first-order chi connectivity index (χ1) is 16.6. The molecule has 1 amide bonds. The Hall–Kier alpha value is -3.69. The SMILES string of the molecule is Cc1occc1-c1nnc(SCc2csc(-c3ccc(C(N)=O)cc3)n2)n1Cc1ccccc1. The van der Waals surface area contributed by atoms with Crippen molar-refractivity contribution >= 4 is 29.0 Å². The van der Waals surface area contributed by atoms with E-state index >= 15 is 0 Å². The molecule has 7 nitrogen and oxygen atoms in total. The van der Waals surface area contributed by atoms with Crippen molar-refractivity contribution in [3.05, 3.63) is 94.9 Å². The molecule has 5 rings (SSSR count). The topological polar surface area (TPSA) is 99.8 Å². The van der Waals surface area contributed by atoms with E-state index in [0.29, 0.717) is 17.9 Å². The number of hydrogen-bond donors (Lipinski definition) is 1. The predicted molar refractivity (Wildman–Crippen MR) is 134 cm³/mol. The predicted octanol–water partition coefficient (Wildman–Crippen LogP) is 5.41. The van der Waals surface area contributed by atoms with Gasteiger partial charge in [-0.3, -0.25) is 9.36 Å². The third kappa shape index (κ3) is 4.66. The number of thiazole rings is 1. The molecule has 0 aliphatic heterocycles. The van der Waals surface area contributed by atoms with Crippen LogP contribution in [0.5, 0.6) is 0 Å². The Morgan fingerprint density at radius 1 is 1.09 bits per heavy atom. The molecule has 5 aromatic rings. The Morgan fingerprint density at radius 3 is 2.59 bits per heavy atom. The Bertz CT molecular complexity index is 1420. The van der Waals surface area contributed by atoms with Crippen molar-refractivity contribution in [2.75, 3.05) is 0 Å². The number of carbonyl (C=O) groups is 1. The van der Waals surface area contributed by atoms with Crippen LogP contribution in [0.1, 0.15) is 27.4 Å². The summed E-state index contributed by atoms with van der Waals surface area (Å²) in [7, 11) is 0. The number of primary amides is 1. The van der Waals surface area contributed by atoms with Gasteiger partial charge in [0.1, 0.15) is 10.8 Å². The number of nitrogens with two attached hydrogens (primary N) is 1. The fraction of sp³-hybridized carbons (Fsp3) is 0.120. The molecule has 2 N–H and O–H groups in total. The van der Waals surface area contributed by atoms with Crippen LogP contribution in [-0.4, -0.2) is 25.7 Å². The molecule has 0 saturated heterocycles. The first-order valence-electron chi connectivity index (χ1n) is 10.6. The van der Waals surface area contributed by atoms with Gasteiger partial charge in [-0.2, -0.15) is 0 Å². The summed E-state index contributed by atoms with van der Waals surface area (Å²) in [6.45, 7) is 2.58. The molecule has 0 aliphatic carbocycles. The van der Waals surface area contributed by atoms with E-state index in [1.165, 1.54) is 5.56 Å². The number of benzene rings is 2. The number of amides is 1. The van der Waals surface area contributed by atoms with Crippen molar-refractivity contribution in [3.8, 4) is 22.0 Å². The number of hydrogen-bond acceptors (Lipinski definition) is 7. The van der Waals surface area contributed by atoms with E-state index in [0.717, 1.165) is 38.6 Å². The third-order valence-corrected chi connectivity index (χ3v) is 7.26. The van der Waals surface area contributed by atoms with Crippen molar-refractivity contribution in [1.82, 2.24) is 19.7 Å². The van der Waals surface area contributed by atoms with Crippen LogP contribution >= 0.6 is 23.1 Å². The van der Waals surface area contributed by atoms with Gasteiger partial charge in [0, 0.05) is 22.3 Å². The largest absolute Gasteiger partial charge is 0.469 e. The lowest BCUT2D eigenvalue weighted by Gasteiger charge is -2.10. The smallest absolute Gasteiger partial charge is 0.248 e. The maximum atomic E-state index is 11.3. The number of furan rings is 1. The van der Waals surface area contributed by atoms with Gasteiger partial charge in [-0.1, -0.05) is 54.2 Å². The second-order valence-corrected chi connectivity index (χ2v) is 9.44. The summed E-state index contributed by atoms with van der Waals surface area (Å²) in [5.41, 5.74) is 9.83. The van der Waals surface area contributed by atoms with E-state index in [2.05, 4.69) is 26.9 Å². The molecule has 0 bridgehead atoms. The molecule has 0 fully saturated rings. The molecule has 0 atom stereocenters.